The zero-order chi connectivity index (χ0) is 13.2. The van der Waals surface area contributed by atoms with Crippen LogP contribution in [0.4, 0.5) is 0 Å². The summed E-state index contributed by atoms with van der Waals surface area (Å²) in [4.78, 5) is 21.9. The van der Waals surface area contributed by atoms with Crippen molar-refractivity contribution in [3.63, 3.8) is 0 Å². The molecule has 17 heavy (non-hydrogen) atoms. The molecule has 1 saturated heterocycles. The van der Waals surface area contributed by atoms with Gasteiger partial charge in [-0.15, -0.1) is 0 Å². The summed E-state index contributed by atoms with van der Waals surface area (Å²) in [6, 6.07) is -0.959. The molecule has 1 fully saturated rings. The number of ether oxygens (including phenoxy) is 3. The van der Waals surface area contributed by atoms with E-state index in [-0.39, 0.29) is 0 Å². The number of nitrogens with two attached hydrogens (primary N) is 1. The number of carbonyl (C=O) groups is 2. The summed E-state index contributed by atoms with van der Waals surface area (Å²) in [6.45, 7) is 4.04. The molecule has 0 saturated carbocycles. The third-order valence-electron chi connectivity index (χ3n) is 2.45. The van der Waals surface area contributed by atoms with E-state index in [0.717, 1.165) is 0 Å². The fourth-order valence-electron chi connectivity index (χ4n) is 1.73. The lowest BCUT2D eigenvalue weighted by molar-refractivity contribution is -0.249. The van der Waals surface area contributed by atoms with Crippen molar-refractivity contribution in [3.8, 4) is 0 Å². The first-order valence-corrected chi connectivity index (χ1v) is 5.26. The molecule has 1 heterocycles. The zero-order valence-electron chi connectivity index (χ0n) is 9.95. The summed E-state index contributed by atoms with van der Waals surface area (Å²) < 4.78 is 15.1. The maximum atomic E-state index is 11.0. The van der Waals surface area contributed by atoms with Crippen LogP contribution in [0.15, 0.2) is 0 Å². The fraction of sp³-hybridized carbons (Fsp3) is 0.800. The molecule has 0 radical (unpaired) electrons. The van der Waals surface area contributed by atoms with Crippen molar-refractivity contribution in [3.05, 3.63) is 0 Å². The Labute approximate surface area is 98.8 Å². The zero-order valence-corrected chi connectivity index (χ0v) is 9.95. The normalized spacial score (nSPS) is 37.4. The highest BCUT2D eigenvalue weighted by Gasteiger charge is 2.45. The highest BCUT2D eigenvalue weighted by molar-refractivity contribution is 5.67. The minimum absolute atomic E-state index is 0.536. The second-order valence-corrected chi connectivity index (χ2v) is 3.96. The van der Waals surface area contributed by atoms with E-state index in [1.807, 2.05) is 0 Å². The van der Waals surface area contributed by atoms with Gasteiger partial charge in [-0.1, -0.05) is 0 Å². The number of hydrogen-bond acceptors (Lipinski definition) is 7. The minimum atomic E-state index is -1.26. The van der Waals surface area contributed by atoms with Crippen molar-refractivity contribution in [2.45, 2.75) is 51.4 Å². The molecule has 1 aliphatic heterocycles. The van der Waals surface area contributed by atoms with Crippen molar-refractivity contribution in [2.24, 2.45) is 5.73 Å². The van der Waals surface area contributed by atoms with Gasteiger partial charge in [0.2, 0.25) is 0 Å². The van der Waals surface area contributed by atoms with Crippen LogP contribution in [-0.2, 0) is 23.8 Å². The smallest absolute Gasteiger partial charge is 0.303 e. The van der Waals surface area contributed by atoms with Crippen LogP contribution in [0.2, 0.25) is 0 Å². The molecule has 1 rings (SSSR count). The number of aliphatic hydroxyl groups is 1. The first-order chi connectivity index (χ1) is 7.82. The Hall–Kier alpha value is -1.18. The van der Waals surface area contributed by atoms with Gasteiger partial charge in [-0.3, -0.25) is 9.59 Å². The fourth-order valence-corrected chi connectivity index (χ4v) is 1.73. The van der Waals surface area contributed by atoms with Gasteiger partial charge in [-0.25, -0.2) is 0 Å². The number of rotatable bonds is 2. The van der Waals surface area contributed by atoms with E-state index in [1.54, 1.807) is 6.92 Å². The predicted octanol–water partition coefficient (Wildman–Crippen LogP) is -1.09. The van der Waals surface area contributed by atoms with Gasteiger partial charge in [0.25, 0.3) is 0 Å². The SMILES string of the molecule is CC(=O)O[C@@H]1[C@@H](N)[C@@H](O)O[C@H](C)[C@@H]1OC(C)=O. The van der Waals surface area contributed by atoms with Gasteiger partial charge in [0.1, 0.15) is 0 Å². The van der Waals surface area contributed by atoms with Crippen LogP contribution in [-0.4, -0.2) is 47.7 Å². The molecule has 1 aliphatic rings. The lowest BCUT2D eigenvalue weighted by Gasteiger charge is -2.41. The van der Waals surface area contributed by atoms with E-state index in [2.05, 4.69) is 0 Å². The monoisotopic (exact) mass is 247 g/mol. The molecule has 0 aromatic heterocycles. The highest BCUT2D eigenvalue weighted by atomic mass is 16.7. The van der Waals surface area contributed by atoms with E-state index in [9.17, 15) is 14.7 Å². The summed E-state index contributed by atoms with van der Waals surface area (Å²) in [5.74, 6) is -1.10. The second-order valence-electron chi connectivity index (χ2n) is 3.96. The molecule has 0 unspecified atom stereocenters. The summed E-state index contributed by atoms with van der Waals surface area (Å²) in [5.41, 5.74) is 5.66. The van der Waals surface area contributed by atoms with E-state index in [0.29, 0.717) is 0 Å². The van der Waals surface area contributed by atoms with Crippen LogP contribution in [0.25, 0.3) is 0 Å². The third kappa shape index (κ3) is 3.39. The van der Waals surface area contributed by atoms with E-state index >= 15 is 0 Å². The summed E-state index contributed by atoms with van der Waals surface area (Å²) in [7, 11) is 0. The largest absolute Gasteiger partial charge is 0.457 e. The van der Waals surface area contributed by atoms with Crippen LogP contribution >= 0.6 is 0 Å². The number of esters is 2. The van der Waals surface area contributed by atoms with Gasteiger partial charge in [0.05, 0.1) is 12.1 Å². The third-order valence-corrected chi connectivity index (χ3v) is 2.45. The molecule has 7 heteroatoms. The Morgan fingerprint density at radius 2 is 1.65 bits per heavy atom. The van der Waals surface area contributed by atoms with Crippen LogP contribution in [0.1, 0.15) is 20.8 Å². The Bertz CT molecular complexity index is 307. The Morgan fingerprint density at radius 3 is 2.12 bits per heavy atom. The predicted molar refractivity (Wildman–Crippen MR) is 55.6 cm³/mol. The van der Waals surface area contributed by atoms with Crippen LogP contribution in [0, 0.1) is 0 Å². The van der Waals surface area contributed by atoms with Crippen molar-refractivity contribution < 1.29 is 28.9 Å². The molecule has 7 nitrogen and oxygen atoms in total. The topological polar surface area (TPSA) is 108 Å². The summed E-state index contributed by atoms with van der Waals surface area (Å²) in [5, 5.41) is 9.50. The van der Waals surface area contributed by atoms with Crippen molar-refractivity contribution in [2.75, 3.05) is 0 Å². The van der Waals surface area contributed by atoms with Crippen molar-refractivity contribution in [1.82, 2.24) is 0 Å². The number of aliphatic hydroxyl groups excluding tert-OH is 1. The lowest BCUT2D eigenvalue weighted by atomic mass is 9.98. The molecule has 0 amide bonds. The maximum Gasteiger partial charge on any atom is 0.303 e. The molecular weight excluding hydrogens is 230 g/mol. The van der Waals surface area contributed by atoms with E-state index in [4.69, 9.17) is 19.9 Å². The van der Waals surface area contributed by atoms with Crippen LogP contribution < -0.4 is 5.73 Å². The number of hydrogen-bond donors (Lipinski definition) is 2. The molecule has 0 spiro atoms. The first-order valence-electron chi connectivity index (χ1n) is 5.26. The molecule has 98 valence electrons. The molecular formula is C10H17NO6. The molecule has 0 aromatic carbocycles. The van der Waals surface area contributed by atoms with Crippen molar-refractivity contribution in [1.29, 1.82) is 0 Å². The van der Waals surface area contributed by atoms with Gasteiger partial charge in [0, 0.05) is 13.8 Å². The Balaban J connectivity index is 2.86. The number of carbonyl (C=O) groups excluding carboxylic acids is 2. The Kier molecular flexibility index (Phi) is 4.44. The average molecular weight is 247 g/mol. The maximum absolute atomic E-state index is 11.0. The first kappa shape index (κ1) is 13.9. The van der Waals surface area contributed by atoms with Gasteiger partial charge in [-0.2, -0.15) is 0 Å². The van der Waals surface area contributed by atoms with Crippen LogP contribution in [0.5, 0.6) is 0 Å². The van der Waals surface area contributed by atoms with E-state index in [1.165, 1.54) is 13.8 Å². The van der Waals surface area contributed by atoms with Crippen LogP contribution in [0.3, 0.4) is 0 Å². The lowest BCUT2D eigenvalue weighted by Crippen LogP contribution is -2.62. The Morgan fingerprint density at radius 1 is 1.18 bits per heavy atom. The van der Waals surface area contributed by atoms with Gasteiger partial charge >= 0.3 is 11.9 Å². The summed E-state index contributed by atoms with van der Waals surface area (Å²) in [6.07, 6.45) is -3.62. The standard InChI is InChI=1S/C10H17NO6/c1-4-8(16-5(2)12)9(17-6(3)13)7(11)10(14)15-4/h4,7-10,14H,11H2,1-3H3/t4-,7-,8+,9-,10+/m1/s1. The second kappa shape index (κ2) is 5.44. The molecule has 0 bridgehead atoms. The molecule has 5 atom stereocenters. The van der Waals surface area contributed by atoms with E-state index < -0.39 is 42.6 Å². The van der Waals surface area contributed by atoms with Gasteiger partial charge < -0.3 is 25.1 Å². The summed E-state index contributed by atoms with van der Waals surface area (Å²) >= 11 is 0. The molecule has 0 aliphatic carbocycles. The average Bonchev–Trinajstić information content (AvgIpc) is 2.19. The highest BCUT2D eigenvalue weighted by Crippen LogP contribution is 2.23. The quantitative estimate of drug-likeness (QED) is 0.597. The van der Waals surface area contributed by atoms with Gasteiger partial charge in [0.15, 0.2) is 18.5 Å². The molecule has 0 aromatic rings. The van der Waals surface area contributed by atoms with Gasteiger partial charge in [-0.05, 0) is 6.92 Å². The minimum Gasteiger partial charge on any atom is -0.457 e. The molecule has 3 N–H and O–H groups in total. The van der Waals surface area contributed by atoms with Crippen molar-refractivity contribution >= 4 is 11.9 Å².